The molecule has 5 rings (SSSR count). The zero-order valence-electron chi connectivity index (χ0n) is 11.3. The molecule has 0 saturated heterocycles. The Kier molecular flexibility index (Phi) is 2.43. The van der Waals surface area contributed by atoms with Crippen LogP contribution in [0, 0.1) is 0 Å². The number of rotatable bonds is 1. The fourth-order valence-electron chi connectivity index (χ4n) is 3.74. The largest absolute Gasteiger partial charge is 0.461 e. The first-order chi connectivity index (χ1) is 9.75. The van der Waals surface area contributed by atoms with Crippen molar-refractivity contribution in [2.24, 2.45) is 0 Å². The van der Waals surface area contributed by atoms with Crippen molar-refractivity contribution < 1.29 is 14.1 Å². The molecule has 3 nitrogen and oxygen atoms in total. The molecule has 3 unspecified atom stereocenters. The van der Waals surface area contributed by atoms with Crippen LogP contribution < -0.4 is 4.57 Å². The van der Waals surface area contributed by atoms with Gasteiger partial charge in [0, 0.05) is 24.6 Å². The molecule has 3 heteroatoms. The van der Waals surface area contributed by atoms with Crippen LogP contribution in [-0.4, -0.2) is 12.1 Å². The number of hydrogen-bond acceptors (Lipinski definition) is 2. The molecule has 0 saturated carbocycles. The van der Waals surface area contributed by atoms with Crippen LogP contribution in [0.5, 0.6) is 0 Å². The van der Waals surface area contributed by atoms with Crippen molar-refractivity contribution in [1.29, 1.82) is 0 Å². The average Bonchev–Trinajstić information content (AvgIpc) is 2.47. The third-order valence-electron chi connectivity index (χ3n) is 4.41. The summed E-state index contributed by atoms with van der Waals surface area (Å²) in [5.74, 6) is -0.0381. The van der Waals surface area contributed by atoms with Crippen LogP contribution in [0.2, 0.25) is 0 Å². The molecule has 3 heterocycles. The van der Waals surface area contributed by atoms with Gasteiger partial charge in [0.2, 0.25) is 0 Å². The monoisotopic (exact) mass is 266 g/mol. The molecule has 0 amide bonds. The van der Waals surface area contributed by atoms with E-state index in [0.717, 1.165) is 6.42 Å². The minimum absolute atomic E-state index is 0.0465. The molecule has 1 aromatic carbocycles. The van der Waals surface area contributed by atoms with Crippen molar-refractivity contribution in [3.05, 3.63) is 65.5 Å². The van der Waals surface area contributed by atoms with Gasteiger partial charge in [-0.1, -0.05) is 30.3 Å². The van der Waals surface area contributed by atoms with Gasteiger partial charge in [0.05, 0.1) is 6.42 Å². The van der Waals surface area contributed by atoms with Crippen LogP contribution in [0.15, 0.2) is 48.7 Å². The number of hydrogen-bond donors (Lipinski definition) is 0. The van der Waals surface area contributed by atoms with E-state index < -0.39 is 0 Å². The van der Waals surface area contributed by atoms with Gasteiger partial charge in [0.15, 0.2) is 17.9 Å². The number of benzene rings is 1. The predicted molar refractivity (Wildman–Crippen MR) is 73.2 cm³/mol. The van der Waals surface area contributed by atoms with Gasteiger partial charge in [-0.3, -0.25) is 4.79 Å². The predicted octanol–water partition coefficient (Wildman–Crippen LogP) is 2.34. The molecule has 3 aliphatic rings. The van der Waals surface area contributed by atoms with E-state index in [0.29, 0.717) is 0 Å². The molecule has 2 aromatic rings. The minimum atomic E-state index is -0.192. The van der Waals surface area contributed by atoms with Crippen molar-refractivity contribution >= 4 is 5.97 Å². The summed E-state index contributed by atoms with van der Waals surface area (Å²) in [6, 6.07) is 15.0. The Hall–Kier alpha value is -2.16. The average molecular weight is 266 g/mol. The van der Waals surface area contributed by atoms with Gasteiger partial charge >= 0.3 is 5.97 Å². The Labute approximate surface area is 117 Å². The van der Waals surface area contributed by atoms with Gasteiger partial charge in [-0.05, 0) is 5.56 Å². The number of carbonyl (C=O) groups is 1. The Morgan fingerprint density at radius 3 is 2.70 bits per heavy atom. The maximum Gasteiger partial charge on any atom is 0.302 e. The SMILES string of the molecule is CC(=O)OC1CC2c3ccccc3C1c1cccc[n+]12. The maximum atomic E-state index is 11.4. The van der Waals surface area contributed by atoms with Crippen molar-refractivity contribution in [2.45, 2.75) is 31.4 Å². The van der Waals surface area contributed by atoms with Crippen LogP contribution in [0.4, 0.5) is 0 Å². The number of ether oxygens (including phenoxy) is 1. The molecule has 2 aliphatic heterocycles. The Balaban J connectivity index is 1.91. The summed E-state index contributed by atoms with van der Waals surface area (Å²) in [6.45, 7) is 1.49. The van der Waals surface area contributed by atoms with E-state index in [1.807, 2.05) is 0 Å². The van der Waals surface area contributed by atoms with E-state index in [2.05, 4.69) is 53.2 Å². The Morgan fingerprint density at radius 2 is 1.90 bits per heavy atom. The third-order valence-corrected chi connectivity index (χ3v) is 4.41. The second kappa shape index (κ2) is 4.17. The number of fused-ring (bicyclic) bond motifs is 1. The van der Waals surface area contributed by atoms with E-state index in [-0.39, 0.29) is 24.0 Å². The van der Waals surface area contributed by atoms with Crippen molar-refractivity contribution in [3.8, 4) is 0 Å². The summed E-state index contributed by atoms with van der Waals surface area (Å²) in [6.07, 6.45) is 2.95. The van der Waals surface area contributed by atoms with Crippen LogP contribution in [0.25, 0.3) is 0 Å². The minimum Gasteiger partial charge on any atom is -0.461 e. The van der Waals surface area contributed by atoms with E-state index in [1.54, 1.807) is 0 Å². The maximum absolute atomic E-state index is 11.4. The molecule has 0 spiro atoms. The number of esters is 1. The molecule has 0 radical (unpaired) electrons. The van der Waals surface area contributed by atoms with E-state index in [4.69, 9.17) is 4.74 Å². The van der Waals surface area contributed by atoms with Gasteiger partial charge in [0.25, 0.3) is 0 Å². The van der Waals surface area contributed by atoms with Crippen LogP contribution in [0.1, 0.15) is 42.1 Å². The molecular weight excluding hydrogens is 250 g/mol. The molecule has 0 N–H and O–H groups in total. The molecule has 2 bridgehead atoms. The summed E-state index contributed by atoms with van der Waals surface area (Å²) in [4.78, 5) is 11.4. The van der Waals surface area contributed by atoms with Gasteiger partial charge in [0.1, 0.15) is 12.0 Å². The molecule has 0 fully saturated rings. The number of nitrogens with zero attached hydrogens (tertiary/aromatic N) is 1. The standard InChI is InChI=1S/C17H16NO2/c1-11(19)20-16-10-15-12-6-2-3-7-13(12)17(16)14-8-4-5-9-18(14)15/h2-9,15-17H,10H2,1H3/q+1. The molecule has 1 aromatic heterocycles. The zero-order valence-corrected chi connectivity index (χ0v) is 11.3. The highest BCUT2D eigenvalue weighted by molar-refractivity contribution is 5.66. The normalized spacial score (nSPS) is 25.8. The topological polar surface area (TPSA) is 30.2 Å². The summed E-state index contributed by atoms with van der Waals surface area (Å²) in [5, 5.41) is 0. The summed E-state index contributed by atoms with van der Waals surface area (Å²) in [7, 11) is 0. The first kappa shape index (κ1) is 11.6. The van der Waals surface area contributed by atoms with E-state index >= 15 is 0 Å². The van der Waals surface area contributed by atoms with Gasteiger partial charge < -0.3 is 4.74 Å². The van der Waals surface area contributed by atoms with E-state index in [9.17, 15) is 4.79 Å². The fraction of sp³-hybridized carbons (Fsp3) is 0.294. The second-order valence-electron chi connectivity index (χ2n) is 5.54. The van der Waals surface area contributed by atoms with Gasteiger partial charge in [-0.25, -0.2) is 0 Å². The van der Waals surface area contributed by atoms with Crippen LogP contribution in [-0.2, 0) is 9.53 Å². The van der Waals surface area contributed by atoms with Gasteiger partial charge in [-0.15, -0.1) is 0 Å². The van der Waals surface area contributed by atoms with Crippen LogP contribution >= 0.6 is 0 Å². The summed E-state index contributed by atoms with van der Waals surface area (Å²) >= 11 is 0. The zero-order chi connectivity index (χ0) is 13.7. The lowest BCUT2D eigenvalue weighted by molar-refractivity contribution is -0.732. The third kappa shape index (κ3) is 1.52. The van der Waals surface area contributed by atoms with Crippen molar-refractivity contribution in [1.82, 2.24) is 0 Å². The lowest BCUT2D eigenvalue weighted by Crippen LogP contribution is -2.56. The quantitative estimate of drug-likeness (QED) is 0.586. The summed E-state index contributed by atoms with van der Waals surface area (Å²) in [5.41, 5.74) is 3.92. The number of pyridine rings is 1. The number of aromatic nitrogens is 1. The fourth-order valence-corrected chi connectivity index (χ4v) is 3.74. The smallest absolute Gasteiger partial charge is 0.302 e. The highest BCUT2D eigenvalue weighted by atomic mass is 16.5. The molecular formula is C17H16NO2+. The van der Waals surface area contributed by atoms with E-state index in [1.165, 1.54) is 23.7 Å². The molecule has 1 aliphatic carbocycles. The molecule has 20 heavy (non-hydrogen) atoms. The Bertz CT molecular complexity index is 647. The highest BCUT2D eigenvalue weighted by Crippen LogP contribution is 2.45. The first-order valence-corrected chi connectivity index (χ1v) is 7.02. The lowest BCUT2D eigenvalue weighted by Gasteiger charge is -2.39. The molecule has 100 valence electrons. The number of carbonyl (C=O) groups excluding carboxylic acids is 1. The highest BCUT2D eigenvalue weighted by Gasteiger charge is 2.50. The van der Waals surface area contributed by atoms with Gasteiger partial charge in [-0.2, -0.15) is 4.57 Å². The lowest BCUT2D eigenvalue weighted by atomic mass is 9.72. The van der Waals surface area contributed by atoms with Crippen molar-refractivity contribution in [2.75, 3.05) is 0 Å². The van der Waals surface area contributed by atoms with Crippen molar-refractivity contribution in [3.63, 3.8) is 0 Å². The molecule has 3 atom stereocenters. The summed E-state index contributed by atoms with van der Waals surface area (Å²) < 4.78 is 7.91. The Morgan fingerprint density at radius 1 is 1.15 bits per heavy atom. The van der Waals surface area contributed by atoms with Crippen LogP contribution in [0.3, 0.4) is 0 Å². The second-order valence-corrected chi connectivity index (χ2v) is 5.54. The first-order valence-electron chi connectivity index (χ1n) is 7.02.